The molecule has 0 saturated heterocycles. The van der Waals surface area contributed by atoms with Crippen molar-refractivity contribution < 1.29 is 0 Å². The molecule has 13 heavy (non-hydrogen) atoms. The lowest BCUT2D eigenvalue weighted by molar-refractivity contribution is 0.451. The molecular weight excluding hydrogens is 162 g/mol. The summed E-state index contributed by atoms with van der Waals surface area (Å²) < 4.78 is 0. The van der Waals surface area contributed by atoms with Crippen molar-refractivity contribution in [2.75, 3.05) is 6.54 Å². The van der Waals surface area contributed by atoms with Crippen molar-refractivity contribution in [3.05, 3.63) is 23.9 Å². The quantitative estimate of drug-likeness (QED) is 0.504. The minimum absolute atomic E-state index is 0.616. The number of fused-ring (bicyclic) bond motifs is 1. The van der Waals surface area contributed by atoms with E-state index in [4.69, 9.17) is 5.53 Å². The molecule has 1 aliphatic carbocycles. The second-order valence-corrected chi connectivity index (χ2v) is 3.67. The lowest BCUT2D eigenvalue weighted by Gasteiger charge is -2.23. The zero-order valence-corrected chi connectivity index (χ0v) is 7.66. The Labute approximate surface area is 78.4 Å². The van der Waals surface area contributed by atoms with Gasteiger partial charge in [0.2, 0.25) is 0 Å². The average Bonchev–Trinajstić information content (AvgIpc) is 2.58. The van der Waals surface area contributed by atoms with Crippen LogP contribution in [0, 0.1) is 11.4 Å². The first-order valence-corrected chi connectivity index (χ1v) is 4.85. The zero-order valence-electron chi connectivity index (χ0n) is 7.66. The van der Waals surface area contributed by atoms with E-state index >= 15 is 0 Å². The zero-order chi connectivity index (χ0) is 9.10. The molecular formula is C10H15N3. The average molecular weight is 177 g/mol. The molecule has 2 rings (SSSR count). The van der Waals surface area contributed by atoms with Crippen LogP contribution in [-0.4, -0.2) is 12.6 Å². The molecule has 2 N–H and O–H groups in total. The third-order valence-electron chi connectivity index (χ3n) is 2.90. The molecule has 2 unspecified atom stereocenters. The van der Waals surface area contributed by atoms with Crippen LogP contribution in [0.2, 0.25) is 0 Å². The molecule has 0 radical (unpaired) electrons. The predicted octanol–water partition coefficient (Wildman–Crippen LogP) is 2.23. The van der Waals surface area contributed by atoms with E-state index < -0.39 is 0 Å². The van der Waals surface area contributed by atoms with Crippen molar-refractivity contribution in [1.29, 1.82) is 5.53 Å². The van der Waals surface area contributed by atoms with Gasteiger partial charge in [-0.15, -0.1) is 0 Å². The minimum Gasteiger partial charge on any atom is -0.387 e. The molecule has 0 spiro atoms. The second-order valence-electron chi connectivity index (χ2n) is 3.67. The van der Waals surface area contributed by atoms with E-state index in [1.165, 1.54) is 5.57 Å². The van der Waals surface area contributed by atoms with E-state index in [1.54, 1.807) is 0 Å². The first kappa shape index (κ1) is 8.48. The summed E-state index contributed by atoms with van der Waals surface area (Å²) in [6, 6.07) is 0.616. The summed E-state index contributed by atoms with van der Waals surface area (Å²) in [4.78, 5) is 0. The molecule has 0 aromatic rings. The topological polar surface area (TPSA) is 48.2 Å². The SMILES string of the molecule is N=NCCC1=CNC2CC=CCC12. The Morgan fingerprint density at radius 1 is 1.46 bits per heavy atom. The van der Waals surface area contributed by atoms with Gasteiger partial charge in [-0.3, -0.25) is 0 Å². The molecule has 3 heteroatoms. The van der Waals surface area contributed by atoms with Gasteiger partial charge in [-0.05, 0) is 31.0 Å². The van der Waals surface area contributed by atoms with E-state index in [0.717, 1.165) is 19.3 Å². The Hall–Kier alpha value is -1.12. The fourth-order valence-corrected chi connectivity index (χ4v) is 2.17. The maximum absolute atomic E-state index is 6.76. The molecule has 0 fully saturated rings. The van der Waals surface area contributed by atoms with E-state index in [1.807, 2.05) is 0 Å². The molecule has 0 aromatic heterocycles. The van der Waals surface area contributed by atoms with Gasteiger partial charge in [0.05, 0.1) is 6.54 Å². The van der Waals surface area contributed by atoms with Crippen LogP contribution >= 0.6 is 0 Å². The van der Waals surface area contributed by atoms with Crippen molar-refractivity contribution in [2.45, 2.75) is 25.3 Å². The molecule has 2 aliphatic rings. The highest BCUT2D eigenvalue weighted by Crippen LogP contribution is 2.31. The van der Waals surface area contributed by atoms with Crippen molar-refractivity contribution in [3.8, 4) is 0 Å². The molecule has 0 saturated carbocycles. The van der Waals surface area contributed by atoms with Crippen LogP contribution in [0.4, 0.5) is 0 Å². The fraction of sp³-hybridized carbons (Fsp3) is 0.600. The van der Waals surface area contributed by atoms with E-state index in [2.05, 4.69) is 28.8 Å². The number of hydrogen-bond donors (Lipinski definition) is 2. The van der Waals surface area contributed by atoms with Crippen molar-refractivity contribution in [2.24, 2.45) is 11.0 Å². The highest BCUT2D eigenvalue weighted by Gasteiger charge is 2.28. The molecule has 2 atom stereocenters. The summed E-state index contributed by atoms with van der Waals surface area (Å²) in [5.74, 6) is 0.673. The maximum Gasteiger partial charge on any atom is 0.0634 e. The lowest BCUT2D eigenvalue weighted by atomic mass is 9.85. The Morgan fingerprint density at radius 3 is 3.15 bits per heavy atom. The van der Waals surface area contributed by atoms with Crippen LogP contribution in [0.3, 0.4) is 0 Å². The number of rotatable bonds is 3. The van der Waals surface area contributed by atoms with E-state index in [9.17, 15) is 0 Å². The Balaban J connectivity index is 1.97. The van der Waals surface area contributed by atoms with E-state index in [-0.39, 0.29) is 0 Å². The van der Waals surface area contributed by atoms with Gasteiger partial charge in [-0.2, -0.15) is 5.11 Å². The standard InChI is InChI=1S/C10H15N3/c11-13-6-5-8-7-12-10-4-2-1-3-9(8)10/h1-2,7,9-12H,3-6H2. The molecule has 0 aromatic carbocycles. The van der Waals surface area contributed by atoms with Crippen molar-refractivity contribution >= 4 is 0 Å². The van der Waals surface area contributed by atoms with Gasteiger partial charge in [0.25, 0.3) is 0 Å². The number of hydrogen-bond acceptors (Lipinski definition) is 3. The first-order valence-electron chi connectivity index (χ1n) is 4.85. The van der Waals surface area contributed by atoms with Crippen LogP contribution in [0.15, 0.2) is 29.0 Å². The van der Waals surface area contributed by atoms with Crippen molar-refractivity contribution in [1.82, 2.24) is 5.32 Å². The molecule has 1 heterocycles. The smallest absolute Gasteiger partial charge is 0.0634 e. The van der Waals surface area contributed by atoms with Gasteiger partial charge in [-0.25, -0.2) is 5.53 Å². The van der Waals surface area contributed by atoms with Gasteiger partial charge >= 0.3 is 0 Å². The third-order valence-corrected chi connectivity index (χ3v) is 2.90. The van der Waals surface area contributed by atoms with Crippen molar-refractivity contribution in [3.63, 3.8) is 0 Å². The lowest BCUT2D eigenvalue weighted by Crippen LogP contribution is -2.28. The second kappa shape index (κ2) is 3.73. The molecule has 1 aliphatic heterocycles. The molecule has 0 bridgehead atoms. The van der Waals surface area contributed by atoms with E-state index in [0.29, 0.717) is 18.5 Å². The maximum atomic E-state index is 6.76. The number of allylic oxidation sites excluding steroid dienone is 1. The molecule has 70 valence electrons. The summed E-state index contributed by atoms with van der Waals surface area (Å²) in [6.07, 6.45) is 9.89. The third kappa shape index (κ3) is 1.64. The van der Waals surface area contributed by atoms with Gasteiger partial charge in [0.1, 0.15) is 0 Å². The number of nitrogens with zero attached hydrogens (tertiary/aromatic N) is 1. The summed E-state index contributed by atoms with van der Waals surface area (Å²) in [7, 11) is 0. The van der Waals surface area contributed by atoms with Crippen LogP contribution < -0.4 is 5.32 Å². The fourth-order valence-electron chi connectivity index (χ4n) is 2.17. The predicted molar refractivity (Wildman–Crippen MR) is 51.5 cm³/mol. The summed E-state index contributed by atoms with van der Waals surface area (Å²) >= 11 is 0. The van der Waals surface area contributed by atoms with Gasteiger partial charge in [0, 0.05) is 12.0 Å². The van der Waals surface area contributed by atoms with Gasteiger partial charge in [0.15, 0.2) is 0 Å². The first-order chi connectivity index (χ1) is 6.42. The summed E-state index contributed by atoms with van der Waals surface area (Å²) in [5, 5.41) is 6.80. The normalized spacial score (nSPS) is 30.6. The largest absolute Gasteiger partial charge is 0.387 e. The van der Waals surface area contributed by atoms with Gasteiger partial charge < -0.3 is 5.32 Å². The summed E-state index contributed by atoms with van der Waals surface area (Å²) in [6.45, 7) is 0.639. The minimum atomic E-state index is 0.616. The molecule has 3 nitrogen and oxygen atoms in total. The van der Waals surface area contributed by atoms with Crippen LogP contribution in [0.1, 0.15) is 19.3 Å². The van der Waals surface area contributed by atoms with Crippen LogP contribution in [-0.2, 0) is 0 Å². The van der Waals surface area contributed by atoms with Crippen LogP contribution in [0.5, 0.6) is 0 Å². The Morgan fingerprint density at radius 2 is 2.31 bits per heavy atom. The van der Waals surface area contributed by atoms with Crippen LogP contribution in [0.25, 0.3) is 0 Å². The highest BCUT2D eigenvalue weighted by molar-refractivity contribution is 5.20. The highest BCUT2D eigenvalue weighted by atomic mass is 15.0. The monoisotopic (exact) mass is 177 g/mol. The summed E-state index contributed by atoms with van der Waals surface area (Å²) in [5.41, 5.74) is 8.21. The molecule has 0 amide bonds. The number of nitrogens with one attached hydrogen (secondary N) is 2. The Bertz CT molecular complexity index is 255. The Kier molecular flexibility index (Phi) is 2.43. The van der Waals surface area contributed by atoms with Gasteiger partial charge in [-0.1, -0.05) is 12.2 Å².